The van der Waals surface area contributed by atoms with Crippen LogP contribution in [0.4, 0.5) is 0 Å². The van der Waals surface area contributed by atoms with Gasteiger partial charge in [0.25, 0.3) is 5.91 Å². The second-order valence-corrected chi connectivity index (χ2v) is 6.52. The molecule has 0 saturated heterocycles. The van der Waals surface area contributed by atoms with Crippen LogP contribution in [0.1, 0.15) is 16.7 Å². The Labute approximate surface area is 151 Å². The molecule has 0 atom stereocenters. The molecule has 5 heteroatoms. The lowest BCUT2D eigenvalue weighted by Crippen LogP contribution is -2.32. The molecule has 0 saturated carbocycles. The molecule has 0 radical (unpaired) electrons. The topological polar surface area (TPSA) is 47.6 Å². The molecule has 0 fully saturated rings. The quantitative estimate of drug-likeness (QED) is 0.726. The van der Waals surface area contributed by atoms with E-state index in [2.05, 4.69) is 21.2 Å². The summed E-state index contributed by atoms with van der Waals surface area (Å²) >= 11 is 3.43. The fourth-order valence-corrected chi connectivity index (χ4v) is 2.37. The van der Waals surface area contributed by atoms with Crippen LogP contribution in [-0.4, -0.2) is 25.7 Å². The highest BCUT2D eigenvalue weighted by Gasteiger charge is 2.05. The lowest BCUT2D eigenvalue weighted by molar-refractivity contribution is -0.123. The molecule has 1 N–H and O–H groups in total. The molecule has 0 aromatic heterocycles. The number of rotatable bonds is 7. The minimum atomic E-state index is -0.167. The average molecular weight is 392 g/mol. The van der Waals surface area contributed by atoms with Crippen LogP contribution < -0.4 is 14.8 Å². The summed E-state index contributed by atoms with van der Waals surface area (Å²) in [4.78, 5) is 11.8. The zero-order chi connectivity index (χ0) is 17.5. The lowest BCUT2D eigenvalue weighted by atomic mass is 10.1. The van der Waals surface area contributed by atoms with Crippen molar-refractivity contribution in [1.29, 1.82) is 0 Å². The minimum Gasteiger partial charge on any atom is -0.491 e. The molecule has 2 aromatic rings. The number of benzene rings is 2. The Morgan fingerprint density at radius 2 is 1.83 bits per heavy atom. The first kappa shape index (κ1) is 18.3. The smallest absolute Gasteiger partial charge is 0.258 e. The maximum absolute atomic E-state index is 11.8. The number of carbonyl (C=O) groups is 1. The molecule has 0 aliphatic heterocycles. The highest BCUT2D eigenvalue weighted by Crippen LogP contribution is 2.21. The van der Waals surface area contributed by atoms with Gasteiger partial charge in [-0.1, -0.05) is 28.1 Å². The summed E-state index contributed by atoms with van der Waals surface area (Å²) in [6, 6.07) is 11.7. The van der Waals surface area contributed by atoms with Crippen LogP contribution in [0, 0.1) is 20.8 Å². The Hall–Kier alpha value is -2.01. The first-order valence-corrected chi connectivity index (χ1v) is 8.60. The molecular weight excluding hydrogens is 370 g/mol. The van der Waals surface area contributed by atoms with Gasteiger partial charge in [-0.15, -0.1) is 0 Å². The SMILES string of the molecule is Cc1ccc(C)c(OCCNC(=O)COc2ccc(Br)c(C)c2)c1. The van der Waals surface area contributed by atoms with Crippen LogP contribution in [0.2, 0.25) is 0 Å². The van der Waals surface area contributed by atoms with E-state index in [1.165, 1.54) is 0 Å². The van der Waals surface area contributed by atoms with Crippen molar-refractivity contribution in [1.82, 2.24) is 5.32 Å². The van der Waals surface area contributed by atoms with E-state index in [0.29, 0.717) is 18.9 Å². The Kier molecular flexibility index (Phi) is 6.67. The van der Waals surface area contributed by atoms with Gasteiger partial charge in [0.15, 0.2) is 6.61 Å². The summed E-state index contributed by atoms with van der Waals surface area (Å²) in [6.45, 7) is 6.85. The van der Waals surface area contributed by atoms with Gasteiger partial charge in [-0.2, -0.15) is 0 Å². The predicted octanol–water partition coefficient (Wildman–Crippen LogP) is 3.95. The summed E-state index contributed by atoms with van der Waals surface area (Å²) in [5, 5.41) is 2.79. The van der Waals surface area contributed by atoms with Crippen molar-refractivity contribution < 1.29 is 14.3 Å². The van der Waals surface area contributed by atoms with Gasteiger partial charge in [-0.3, -0.25) is 4.79 Å². The number of ether oxygens (including phenoxy) is 2. The van der Waals surface area contributed by atoms with E-state index in [1.807, 2.05) is 57.2 Å². The molecule has 128 valence electrons. The van der Waals surface area contributed by atoms with Gasteiger partial charge in [0, 0.05) is 4.47 Å². The van der Waals surface area contributed by atoms with Gasteiger partial charge in [-0.25, -0.2) is 0 Å². The monoisotopic (exact) mass is 391 g/mol. The van der Waals surface area contributed by atoms with Gasteiger partial charge < -0.3 is 14.8 Å². The maximum atomic E-state index is 11.8. The van der Waals surface area contributed by atoms with Crippen LogP contribution in [0.25, 0.3) is 0 Å². The molecule has 0 bridgehead atoms. The van der Waals surface area contributed by atoms with Crippen LogP contribution in [0.15, 0.2) is 40.9 Å². The fourth-order valence-electron chi connectivity index (χ4n) is 2.12. The molecule has 0 spiro atoms. The first-order valence-electron chi connectivity index (χ1n) is 7.81. The average Bonchev–Trinajstić information content (AvgIpc) is 2.55. The highest BCUT2D eigenvalue weighted by atomic mass is 79.9. The van der Waals surface area contributed by atoms with E-state index in [4.69, 9.17) is 9.47 Å². The Morgan fingerprint density at radius 1 is 1.04 bits per heavy atom. The Bertz CT molecular complexity index is 716. The highest BCUT2D eigenvalue weighted by molar-refractivity contribution is 9.10. The normalized spacial score (nSPS) is 10.3. The summed E-state index contributed by atoms with van der Waals surface area (Å²) in [5.74, 6) is 1.36. The number of aryl methyl sites for hydroxylation is 3. The van der Waals surface area contributed by atoms with Crippen molar-refractivity contribution in [2.75, 3.05) is 19.8 Å². The number of halogens is 1. The molecule has 0 heterocycles. The molecule has 0 aliphatic carbocycles. The van der Waals surface area contributed by atoms with E-state index in [1.54, 1.807) is 0 Å². The fraction of sp³-hybridized carbons (Fsp3) is 0.316. The molecule has 2 aromatic carbocycles. The maximum Gasteiger partial charge on any atom is 0.258 e. The zero-order valence-electron chi connectivity index (χ0n) is 14.2. The van der Waals surface area contributed by atoms with Crippen molar-refractivity contribution in [3.8, 4) is 11.5 Å². The Morgan fingerprint density at radius 3 is 2.58 bits per heavy atom. The predicted molar refractivity (Wildman–Crippen MR) is 98.8 cm³/mol. The molecule has 1 amide bonds. The summed E-state index contributed by atoms with van der Waals surface area (Å²) in [5.41, 5.74) is 3.30. The second-order valence-electron chi connectivity index (χ2n) is 5.67. The largest absolute Gasteiger partial charge is 0.491 e. The summed E-state index contributed by atoms with van der Waals surface area (Å²) in [6.07, 6.45) is 0. The minimum absolute atomic E-state index is 0.00938. The van der Waals surface area contributed by atoms with Gasteiger partial charge in [0.1, 0.15) is 18.1 Å². The van der Waals surface area contributed by atoms with E-state index in [-0.39, 0.29) is 12.5 Å². The summed E-state index contributed by atoms with van der Waals surface area (Å²) < 4.78 is 12.2. The molecule has 0 unspecified atom stereocenters. The van der Waals surface area contributed by atoms with E-state index < -0.39 is 0 Å². The first-order chi connectivity index (χ1) is 11.5. The molecule has 0 aliphatic rings. The number of amides is 1. The molecule has 24 heavy (non-hydrogen) atoms. The number of hydrogen-bond donors (Lipinski definition) is 1. The van der Waals surface area contributed by atoms with Crippen molar-refractivity contribution in [3.63, 3.8) is 0 Å². The number of carbonyl (C=O) groups excluding carboxylic acids is 1. The van der Waals surface area contributed by atoms with Crippen molar-refractivity contribution in [3.05, 3.63) is 57.6 Å². The second kappa shape index (κ2) is 8.73. The van der Waals surface area contributed by atoms with Gasteiger partial charge in [-0.05, 0) is 61.7 Å². The third kappa shape index (κ3) is 5.57. The third-order valence-electron chi connectivity index (χ3n) is 3.52. The van der Waals surface area contributed by atoms with Gasteiger partial charge >= 0.3 is 0 Å². The summed E-state index contributed by atoms with van der Waals surface area (Å²) in [7, 11) is 0. The standard InChI is InChI=1S/C19H22BrNO3/c1-13-4-5-14(2)18(10-13)23-9-8-21-19(22)12-24-16-6-7-17(20)15(3)11-16/h4-7,10-11H,8-9,12H2,1-3H3,(H,21,22). The van der Waals surface area contributed by atoms with Crippen LogP contribution >= 0.6 is 15.9 Å². The van der Waals surface area contributed by atoms with Crippen LogP contribution in [0.5, 0.6) is 11.5 Å². The van der Waals surface area contributed by atoms with Crippen molar-refractivity contribution in [2.45, 2.75) is 20.8 Å². The molecule has 4 nitrogen and oxygen atoms in total. The van der Waals surface area contributed by atoms with Crippen molar-refractivity contribution in [2.24, 2.45) is 0 Å². The van der Waals surface area contributed by atoms with Crippen LogP contribution in [0.3, 0.4) is 0 Å². The molecule has 2 rings (SSSR count). The van der Waals surface area contributed by atoms with Gasteiger partial charge in [0.05, 0.1) is 6.54 Å². The lowest BCUT2D eigenvalue weighted by Gasteiger charge is -2.11. The van der Waals surface area contributed by atoms with E-state index in [0.717, 1.165) is 26.9 Å². The zero-order valence-corrected chi connectivity index (χ0v) is 15.8. The van der Waals surface area contributed by atoms with E-state index >= 15 is 0 Å². The number of hydrogen-bond acceptors (Lipinski definition) is 3. The molecular formula is C19H22BrNO3. The third-order valence-corrected chi connectivity index (χ3v) is 4.41. The van der Waals surface area contributed by atoms with Crippen molar-refractivity contribution >= 4 is 21.8 Å². The van der Waals surface area contributed by atoms with Gasteiger partial charge in [0.2, 0.25) is 0 Å². The van der Waals surface area contributed by atoms with Crippen LogP contribution in [-0.2, 0) is 4.79 Å². The Balaban J connectivity index is 1.69. The number of nitrogens with one attached hydrogen (secondary N) is 1. The van der Waals surface area contributed by atoms with E-state index in [9.17, 15) is 4.79 Å².